The zero-order chi connectivity index (χ0) is 17.8. The van der Waals surface area contributed by atoms with Gasteiger partial charge in [0, 0.05) is 25.2 Å². The van der Waals surface area contributed by atoms with Crippen LogP contribution in [0, 0.1) is 0 Å². The van der Waals surface area contributed by atoms with Gasteiger partial charge in [0.05, 0.1) is 5.69 Å². The van der Waals surface area contributed by atoms with E-state index in [1.807, 2.05) is 30.3 Å². The van der Waals surface area contributed by atoms with Gasteiger partial charge in [0.15, 0.2) is 0 Å². The van der Waals surface area contributed by atoms with Crippen LogP contribution in [0.3, 0.4) is 0 Å². The maximum atomic E-state index is 12.7. The van der Waals surface area contributed by atoms with Crippen molar-refractivity contribution in [2.45, 2.75) is 31.7 Å². The second-order valence-electron chi connectivity index (χ2n) is 7.10. The van der Waals surface area contributed by atoms with Gasteiger partial charge in [0.2, 0.25) is 5.91 Å². The van der Waals surface area contributed by atoms with Crippen LogP contribution < -0.4 is 0 Å². The lowest BCUT2D eigenvalue weighted by atomic mass is 10.2. The molecular formula is C20H25N5O. The molecule has 2 saturated heterocycles. The zero-order valence-electron chi connectivity index (χ0n) is 15.0. The molecule has 0 unspecified atom stereocenters. The van der Waals surface area contributed by atoms with Gasteiger partial charge in [-0.05, 0) is 62.5 Å². The predicted molar refractivity (Wildman–Crippen MR) is 101 cm³/mol. The number of aromatic nitrogens is 3. The van der Waals surface area contributed by atoms with Crippen molar-refractivity contribution in [3.05, 3.63) is 48.6 Å². The Morgan fingerprint density at radius 1 is 1.12 bits per heavy atom. The van der Waals surface area contributed by atoms with Crippen molar-refractivity contribution < 1.29 is 4.79 Å². The first kappa shape index (κ1) is 17.0. The second kappa shape index (κ2) is 7.83. The molecule has 3 heterocycles. The lowest BCUT2D eigenvalue weighted by Crippen LogP contribution is -2.41. The Morgan fingerprint density at radius 2 is 1.92 bits per heavy atom. The molecule has 6 heteroatoms. The average molecular weight is 351 g/mol. The molecule has 0 saturated carbocycles. The molecule has 1 amide bonds. The molecule has 2 fully saturated rings. The smallest absolute Gasteiger partial charge is 0.246 e. The molecule has 0 spiro atoms. The van der Waals surface area contributed by atoms with Gasteiger partial charge in [-0.25, -0.2) is 9.67 Å². The summed E-state index contributed by atoms with van der Waals surface area (Å²) in [5, 5.41) is 4.12. The van der Waals surface area contributed by atoms with E-state index in [4.69, 9.17) is 0 Å². The fourth-order valence-electron chi connectivity index (χ4n) is 3.92. The van der Waals surface area contributed by atoms with E-state index in [1.54, 1.807) is 17.1 Å². The summed E-state index contributed by atoms with van der Waals surface area (Å²) >= 11 is 0. The van der Waals surface area contributed by atoms with Crippen LogP contribution in [0.5, 0.6) is 0 Å². The van der Waals surface area contributed by atoms with Crippen molar-refractivity contribution in [2.24, 2.45) is 0 Å². The van der Waals surface area contributed by atoms with Gasteiger partial charge < -0.3 is 9.80 Å². The Morgan fingerprint density at radius 3 is 2.65 bits per heavy atom. The summed E-state index contributed by atoms with van der Waals surface area (Å²) in [7, 11) is 0. The van der Waals surface area contributed by atoms with Gasteiger partial charge >= 0.3 is 0 Å². The molecule has 136 valence electrons. The van der Waals surface area contributed by atoms with Gasteiger partial charge in [-0.3, -0.25) is 4.79 Å². The standard InChI is InChI=1S/C20H25N5O/c26-20(24-13-3-4-19(24)14-23-11-1-2-12-23)10-7-17-5-8-18(9-6-17)25-16-21-15-22-25/h5-10,15-16,19H,1-4,11-14H2/b10-7+/t19-/m0/s1. The maximum absolute atomic E-state index is 12.7. The number of likely N-dealkylation sites (tertiary alicyclic amines) is 2. The van der Waals surface area contributed by atoms with Crippen LogP contribution in [0.2, 0.25) is 0 Å². The lowest BCUT2D eigenvalue weighted by molar-refractivity contribution is -0.127. The van der Waals surface area contributed by atoms with E-state index >= 15 is 0 Å². The summed E-state index contributed by atoms with van der Waals surface area (Å²) < 4.78 is 1.71. The number of nitrogens with zero attached hydrogens (tertiary/aromatic N) is 5. The average Bonchev–Trinajstić information content (AvgIpc) is 3.43. The number of hydrogen-bond donors (Lipinski definition) is 0. The quantitative estimate of drug-likeness (QED) is 0.776. The highest BCUT2D eigenvalue weighted by atomic mass is 16.2. The van der Waals surface area contributed by atoms with E-state index in [0.717, 1.165) is 37.2 Å². The van der Waals surface area contributed by atoms with E-state index in [9.17, 15) is 4.79 Å². The van der Waals surface area contributed by atoms with Crippen LogP contribution in [0.15, 0.2) is 43.0 Å². The lowest BCUT2D eigenvalue weighted by Gasteiger charge is -2.27. The van der Waals surface area contributed by atoms with Crippen molar-refractivity contribution in [3.63, 3.8) is 0 Å². The number of hydrogen-bond acceptors (Lipinski definition) is 4. The van der Waals surface area contributed by atoms with Gasteiger partial charge in [0.1, 0.15) is 12.7 Å². The fourth-order valence-corrected chi connectivity index (χ4v) is 3.92. The molecule has 1 atom stereocenters. The summed E-state index contributed by atoms with van der Waals surface area (Å²) in [5.74, 6) is 0.132. The minimum absolute atomic E-state index is 0.132. The van der Waals surface area contributed by atoms with Gasteiger partial charge in [-0.15, -0.1) is 0 Å². The highest BCUT2D eigenvalue weighted by molar-refractivity contribution is 5.92. The largest absolute Gasteiger partial charge is 0.335 e. The molecule has 0 radical (unpaired) electrons. The summed E-state index contributed by atoms with van der Waals surface area (Å²) in [6, 6.07) is 8.31. The second-order valence-corrected chi connectivity index (χ2v) is 7.10. The van der Waals surface area contributed by atoms with E-state index in [-0.39, 0.29) is 5.91 Å². The molecule has 1 aromatic carbocycles. The normalized spacial score (nSPS) is 21.1. The number of rotatable bonds is 5. The van der Waals surface area contributed by atoms with Crippen LogP contribution in [0.25, 0.3) is 11.8 Å². The summed E-state index contributed by atoms with van der Waals surface area (Å²) in [4.78, 5) is 21.2. The monoisotopic (exact) mass is 351 g/mol. The molecule has 26 heavy (non-hydrogen) atoms. The molecule has 0 bridgehead atoms. The third kappa shape index (κ3) is 3.85. The van der Waals surface area contributed by atoms with E-state index in [1.165, 1.54) is 32.3 Å². The van der Waals surface area contributed by atoms with E-state index in [0.29, 0.717) is 6.04 Å². The minimum atomic E-state index is 0.132. The maximum Gasteiger partial charge on any atom is 0.246 e. The van der Waals surface area contributed by atoms with Crippen LogP contribution in [0.1, 0.15) is 31.2 Å². The summed E-state index contributed by atoms with van der Waals surface area (Å²) in [5.41, 5.74) is 1.97. The van der Waals surface area contributed by atoms with Crippen molar-refractivity contribution in [1.29, 1.82) is 0 Å². The summed E-state index contributed by atoms with van der Waals surface area (Å²) in [6.07, 6.45) is 11.6. The Kier molecular flexibility index (Phi) is 5.11. The van der Waals surface area contributed by atoms with E-state index in [2.05, 4.69) is 19.9 Å². The van der Waals surface area contributed by atoms with E-state index < -0.39 is 0 Å². The molecule has 6 nitrogen and oxygen atoms in total. The molecular weight excluding hydrogens is 326 g/mol. The number of carbonyl (C=O) groups is 1. The topological polar surface area (TPSA) is 54.3 Å². The number of benzene rings is 1. The van der Waals surface area contributed by atoms with Crippen molar-refractivity contribution in [2.75, 3.05) is 26.2 Å². The first-order valence-electron chi connectivity index (χ1n) is 9.46. The van der Waals surface area contributed by atoms with Crippen molar-refractivity contribution in [1.82, 2.24) is 24.6 Å². The molecule has 2 aliphatic heterocycles. The summed E-state index contributed by atoms with van der Waals surface area (Å²) in [6.45, 7) is 4.29. The van der Waals surface area contributed by atoms with Crippen LogP contribution in [-0.4, -0.2) is 62.7 Å². The number of carbonyl (C=O) groups excluding carboxylic acids is 1. The molecule has 2 aliphatic rings. The Labute approximate surface area is 154 Å². The first-order valence-corrected chi connectivity index (χ1v) is 9.46. The van der Waals surface area contributed by atoms with Crippen molar-refractivity contribution >= 4 is 12.0 Å². The molecule has 1 aromatic heterocycles. The van der Waals surface area contributed by atoms with Gasteiger partial charge in [-0.1, -0.05) is 12.1 Å². The minimum Gasteiger partial charge on any atom is -0.335 e. The fraction of sp³-hybridized carbons (Fsp3) is 0.450. The molecule has 2 aromatic rings. The van der Waals surface area contributed by atoms with Crippen LogP contribution in [0.4, 0.5) is 0 Å². The SMILES string of the molecule is O=C(/C=C/c1ccc(-n2cncn2)cc1)N1CCC[C@H]1CN1CCCC1. The highest BCUT2D eigenvalue weighted by Crippen LogP contribution is 2.21. The predicted octanol–water partition coefficient (Wildman–Crippen LogP) is 2.37. The first-order chi connectivity index (χ1) is 12.8. The third-order valence-corrected chi connectivity index (χ3v) is 5.32. The Hall–Kier alpha value is -2.47. The zero-order valence-corrected chi connectivity index (χ0v) is 15.0. The Bertz CT molecular complexity index is 747. The van der Waals surface area contributed by atoms with Gasteiger partial charge in [-0.2, -0.15) is 5.10 Å². The highest BCUT2D eigenvalue weighted by Gasteiger charge is 2.29. The Balaban J connectivity index is 1.37. The molecule has 0 aliphatic carbocycles. The number of amides is 1. The molecule has 4 rings (SSSR count). The van der Waals surface area contributed by atoms with Crippen LogP contribution >= 0.6 is 0 Å². The van der Waals surface area contributed by atoms with Gasteiger partial charge in [0.25, 0.3) is 0 Å². The van der Waals surface area contributed by atoms with Crippen molar-refractivity contribution in [3.8, 4) is 5.69 Å². The molecule has 0 N–H and O–H groups in total. The van der Waals surface area contributed by atoms with Crippen LogP contribution in [-0.2, 0) is 4.79 Å². The third-order valence-electron chi connectivity index (χ3n) is 5.32.